The van der Waals surface area contributed by atoms with Crippen LogP contribution in [0.1, 0.15) is 52.4 Å². The highest BCUT2D eigenvalue weighted by atomic mass is 16.2. The van der Waals surface area contributed by atoms with Gasteiger partial charge in [0, 0.05) is 43.1 Å². The minimum Gasteiger partial charge on any atom is -0.354 e. The van der Waals surface area contributed by atoms with Crippen molar-refractivity contribution < 1.29 is 4.79 Å². The molecule has 0 saturated carbocycles. The Labute approximate surface area is 153 Å². The van der Waals surface area contributed by atoms with Crippen molar-refractivity contribution in [3.63, 3.8) is 0 Å². The molecule has 0 bridgehead atoms. The minimum absolute atomic E-state index is 0.0685. The van der Waals surface area contributed by atoms with Gasteiger partial charge >= 0.3 is 0 Å². The number of fused-ring (bicyclic) bond motifs is 1. The first kappa shape index (κ1) is 17.0. The number of anilines is 1. The van der Waals surface area contributed by atoms with Crippen molar-refractivity contribution in [1.82, 2.24) is 25.1 Å². The van der Waals surface area contributed by atoms with Crippen LogP contribution in [0.3, 0.4) is 0 Å². The Morgan fingerprint density at radius 3 is 2.69 bits per heavy atom. The van der Waals surface area contributed by atoms with Crippen molar-refractivity contribution >= 4 is 11.7 Å². The van der Waals surface area contributed by atoms with E-state index < -0.39 is 0 Å². The summed E-state index contributed by atoms with van der Waals surface area (Å²) < 4.78 is 0. The van der Waals surface area contributed by atoms with Gasteiger partial charge in [-0.2, -0.15) is 5.10 Å². The van der Waals surface area contributed by atoms with Crippen molar-refractivity contribution in [2.24, 2.45) is 0 Å². The van der Waals surface area contributed by atoms with Gasteiger partial charge in [0.05, 0.1) is 11.8 Å². The Hall–Kier alpha value is -2.44. The van der Waals surface area contributed by atoms with Gasteiger partial charge in [-0.05, 0) is 46.0 Å². The predicted molar refractivity (Wildman–Crippen MR) is 99.5 cm³/mol. The lowest BCUT2D eigenvalue weighted by atomic mass is 9.96. The molecule has 0 aromatic carbocycles. The fourth-order valence-electron chi connectivity index (χ4n) is 4.03. The van der Waals surface area contributed by atoms with Crippen molar-refractivity contribution in [2.75, 3.05) is 31.1 Å². The second kappa shape index (κ2) is 7.05. The van der Waals surface area contributed by atoms with Crippen molar-refractivity contribution in [3.05, 3.63) is 34.5 Å². The van der Waals surface area contributed by atoms with Gasteiger partial charge in [-0.1, -0.05) is 0 Å². The van der Waals surface area contributed by atoms with Crippen molar-refractivity contribution in [1.29, 1.82) is 0 Å². The van der Waals surface area contributed by atoms with Crippen molar-refractivity contribution in [3.8, 4) is 0 Å². The predicted octanol–water partition coefficient (Wildman–Crippen LogP) is 2.05. The molecule has 1 aliphatic carbocycles. The van der Waals surface area contributed by atoms with E-state index in [-0.39, 0.29) is 5.91 Å². The normalized spacial score (nSPS) is 17.8. The summed E-state index contributed by atoms with van der Waals surface area (Å²) in [5, 5.41) is 6.84. The molecule has 1 aliphatic heterocycles. The number of carbonyl (C=O) groups excluding carboxylic acids is 1. The third-order valence-electron chi connectivity index (χ3n) is 5.42. The van der Waals surface area contributed by atoms with Crippen LogP contribution in [0.5, 0.6) is 0 Å². The molecule has 2 aromatic rings. The van der Waals surface area contributed by atoms with E-state index >= 15 is 0 Å². The van der Waals surface area contributed by atoms with Crippen LogP contribution in [-0.4, -0.2) is 57.2 Å². The smallest absolute Gasteiger partial charge is 0.257 e. The second-order valence-electron chi connectivity index (χ2n) is 7.27. The molecule has 0 unspecified atom stereocenters. The standard InChI is InChI=1S/C19H26N6O/c1-13-16(12-20-23-13)19(26)25-9-5-8-24(10-11-25)18-15-6-3-4-7-17(15)21-14(2)22-18/h12H,3-11H2,1-2H3,(H,20,23). The number of rotatable bonds is 2. The van der Waals surface area contributed by atoms with Crippen LogP contribution in [0.15, 0.2) is 6.20 Å². The molecular weight excluding hydrogens is 328 g/mol. The lowest BCUT2D eigenvalue weighted by Gasteiger charge is -2.27. The fraction of sp³-hybridized carbons (Fsp3) is 0.579. The number of hydrogen-bond donors (Lipinski definition) is 1. The van der Waals surface area contributed by atoms with Crippen LogP contribution in [0.25, 0.3) is 0 Å². The van der Waals surface area contributed by atoms with E-state index in [9.17, 15) is 4.79 Å². The van der Waals surface area contributed by atoms with E-state index in [4.69, 9.17) is 4.98 Å². The molecule has 4 rings (SSSR count). The fourth-order valence-corrected chi connectivity index (χ4v) is 4.03. The van der Waals surface area contributed by atoms with Crippen LogP contribution in [0.4, 0.5) is 5.82 Å². The first-order valence-corrected chi connectivity index (χ1v) is 9.54. The SMILES string of the molecule is Cc1nc2c(c(N3CCCN(C(=O)c4cn[nH]c4C)CC3)n1)CCCC2. The Bertz CT molecular complexity index is 814. The van der Waals surface area contributed by atoms with Crippen LogP contribution in [0.2, 0.25) is 0 Å². The summed E-state index contributed by atoms with van der Waals surface area (Å²) in [7, 11) is 0. The second-order valence-corrected chi connectivity index (χ2v) is 7.27. The molecule has 3 heterocycles. The maximum absolute atomic E-state index is 12.8. The van der Waals surface area contributed by atoms with E-state index in [1.165, 1.54) is 24.1 Å². The number of carbonyl (C=O) groups is 1. The summed E-state index contributed by atoms with van der Waals surface area (Å²) in [6.45, 7) is 7.09. The van der Waals surface area contributed by atoms with Crippen molar-refractivity contribution in [2.45, 2.75) is 46.0 Å². The van der Waals surface area contributed by atoms with Crippen LogP contribution < -0.4 is 4.90 Å². The van der Waals surface area contributed by atoms with E-state index in [2.05, 4.69) is 20.1 Å². The number of aromatic amines is 1. The molecule has 2 aliphatic rings. The zero-order chi connectivity index (χ0) is 18.1. The van der Waals surface area contributed by atoms with E-state index in [1.807, 2.05) is 18.7 Å². The lowest BCUT2D eigenvalue weighted by molar-refractivity contribution is 0.0766. The molecule has 26 heavy (non-hydrogen) atoms. The quantitative estimate of drug-likeness (QED) is 0.893. The zero-order valence-corrected chi connectivity index (χ0v) is 15.6. The number of nitrogens with zero attached hydrogens (tertiary/aromatic N) is 5. The van der Waals surface area contributed by atoms with E-state index in [0.29, 0.717) is 12.1 Å². The highest BCUT2D eigenvalue weighted by molar-refractivity contribution is 5.95. The molecule has 1 amide bonds. The average Bonchev–Trinajstić information content (AvgIpc) is 2.92. The zero-order valence-electron chi connectivity index (χ0n) is 15.6. The topological polar surface area (TPSA) is 78.0 Å². The van der Waals surface area contributed by atoms with Gasteiger partial charge in [-0.15, -0.1) is 0 Å². The molecular formula is C19H26N6O. The maximum atomic E-state index is 12.8. The molecule has 7 heteroatoms. The number of aromatic nitrogens is 4. The summed E-state index contributed by atoms with van der Waals surface area (Å²) in [6.07, 6.45) is 7.13. The lowest BCUT2D eigenvalue weighted by Crippen LogP contribution is -2.36. The van der Waals surface area contributed by atoms with Gasteiger partial charge in [-0.3, -0.25) is 9.89 Å². The van der Waals surface area contributed by atoms with E-state index in [0.717, 1.165) is 56.2 Å². The highest BCUT2D eigenvalue weighted by Crippen LogP contribution is 2.28. The van der Waals surface area contributed by atoms with Gasteiger partial charge in [0.15, 0.2) is 0 Å². The Balaban J connectivity index is 1.54. The summed E-state index contributed by atoms with van der Waals surface area (Å²) >= 11 is 0. The number of nitrogens with one attached hydrogen (secondary N) is 1. The average molecular weight is 354 g/mol. The summed E-state index contributed by atoms with van der Waals surface area (Å²) in [4.78, 5) is 26.5. The van der Waals surface area contributed by atoms with E-state index in [1.54, 1.807) is 6.20 Å². The number of hydrogen-bond acceptors (Lipinski definition) is 5. The molecule has 7 nitrogen and oxygen atoms in total. The summed E-state index contributed by atoms with van der Waals surface area (Å²) in [5.74, 6) is 2.02. The Morgan fingerprint density at radius 1 is 1.04 bits per heavy atom. The van der Waals surface area contributed by atoms with Crippen LogP contribution in [0, 0.1) is 13.8 Å². The minimum atomic E-state index is 0.0685. The Morgan fingerprint density at radius 2 is 1.88 bits per heavy atom. The molecule has 0 radical (unpaired) electrons. The molecule has 0 spiro atoms. The van der Waals surface area contributed by atoms with Gasteiger partial charge in [0.1, 0.15) is 11.6 Å². The maximum Gasteiger partial charge on any atom is 0.257 e. The highest BCUT2D eigenvalue weighted by Gasteiger charge is 2.26. The third kappa shape index (κ3) is 3.18. The van der Waals surface area contributed by atoms with Crippen LogP contribution >= 0.6 is 0 Å². The number of H-pyrrole nitrogens is 1. The molecule has 138 valence electrons. The summed E-state index contributed by atoms with van der Waals surface area (Å²) in [6, 6.07) is 0. The number of amides is 1. The van der Waals surface area contributed by atoms with Gasteiger partial charge in [-0.25, -0.2) is 9.97 Å². The van der Waals surface area contributed by atoms with Crippen LogP contribution in [-0.2, 0) is 12.8 Å². The molecule has 0 atom stereocenters. The third-order valence-corrected chi connectivity index (χ3v) is 5.42. The largest absolute Gasteiger partial charge is 0.354 e. The van der Waals surface area contributed by atoms with Gasteiger partial charge < -0.3 is 9.80 Å². The van der Waals surface area contributed by atoms with Gasteiger partial charge in [0.2, 0.25) is 0 Å². The monoisotopic (exact) mass is 354 g/mol. The number of aryl methyl sites for hydroxylation is 3. The molecule has 2 aromatic heterocycles. The Kier molecular flexibility index (Phi) is 4.61. The first-order valence-electron chi connectivity index (χ1n) is 9.54. The summed E-state index contributed by atoms with van der Waals surface area (Å²) in [5.41, 5.74) is 4.06. The van der Waals surface area contributed by atoms with Gasteiger partial charge in [0.25, 0.3) is 5.91 Å². The molecule has 1 saturated heterocycles. The molecule has 1 N–H and O–H groups in total. The first-order chi connectivity index (χ1) is 12.6. The molecule has 1 fully saturated rings.